The Kier molecular flexibility index (Phi) is 11.4. The number of fused-ring (bicyclic) bond motifs is 1. The normalized spacial score (nSPS) is 18.4. The molecule has 3 aliphatic heterocycles. The number of piperidine rings is 1. The summed E-state index contributed by atoms with van der Waals surface area (Å²) in [5.41, 5.74) is 3.07. The van der Waals surface area contributed by atoms with Gasteiger partial charge in [0.2, 0.25) is 15.9 Å². The van der Waals surface area contributed by atoms with Crippen LogP contribution in [-0.2, 0) is 46.9 Å². The fourth-order valence-electron chi connectivity index (χ4n) is 7.15. The van der Waals surface area contributed by atoms with Crippen LogP contribution in [0, 0.1) is 0 Å². The summed E-state index contributed by atoms with van der Waals surface area (Å²) in [5.74, 6) is 0.718. The lowest BCUT2D eigenvalue weighted by atomic mass is 10.0. The average Bonchev–Trinajstić information content (AvgIpc) is 3.83. The van der Waals surface area contributed by atoms with Gasteiger partial charge in [-0.2, -0.15) is 22.6 Å². The third-order valence-corrected chi connectivity index (χ3v) is 12.0. The highest BCUT2D eigenvalue weighted by Gasteiger charge is 2.35. The highest BCUT2D eigenvalue weighted by atomic mass is 32.2. The smallest absolute Gasteiger partial charge is 0.348 e. The maximum absolute atomic E-state index is 14.1. The molecule has 0 saturated carbocycles. The van der Waals surface area contributed by atoms with E-state index in [1.165, 1.54) is 16.6 Å². The summed E-state index contributed by atoms with van der Waals surface area (Å²) < 4.78 is 70.7. The first-order chi connectivity index (χ1) is 23.5. The van der Waals surface area contributed by atoms with E-state index in [1.54, 1.807) is 18.6 Å². The number of likely N-dealkylation sites (tertiary alicyclic amines) is 2. The van der Waals surface area contributed by atoms with Crippen LogP contribution in [0.3, 0.4) is 0 Å². The fraction of sp³-hybridized carbons (Fsp3) is 0.606. The molecular weight excluding hydrogens is 678 g/mol. The summed E-state index contributed by atoms with van der Waals surface area (Å²) in [7, 11) is -3.47. The second-order valence-electron chi connectivity index (χ2n) is 13.1. The summed E-state index contributed by atoms with van der Waals surface area (Å²) in [6.45, 7) is 5.91. The van der Waals surface area contributed by atoms with Crippen LogP contribution in [0.4, 0.5) is 13.2 Å². The number of carbonyl (C=O) groups is 1. The third-order valence-electron chi connectivity index (χ3n) is 9.74. The van der Waals surface area contributed by atoms with Crippen LogP contribution in [0.2, 0.25) is 0 Å². The van der Waals surface area contributed by atoms with E-state index >= 15 is 0 Å². The monoisotopic (exact) mass is 722 g/mol. The van der Waals surface area contributed by atoms with Crippen molar-refractivity contribution in [3.8, 4) is 11.3 Å². The van der Waals surface area contributed by atoms with Crippen LogP contribution >= 0.6 is 11.8 Å². The van der Waals surface area contributed by atoms with Gasteiger partial charge in [-0.1, -0.05) is 6.07 Å². The Balaban J connectivity index is 1.15. The SMILES string of the molecule is CS(=O)(=O)N1CCc2c(c(-c3ccc(C(F)(F)F)c(SCCNCCc4cnc[nH]4)c3)nn2CCCN2CCC(N3CCCC3=O)CC2)C1. The Hall–Kier alpha value is -2.92. The summed E-state index contributed by atoms with van der Waals surface area (Å²) in [4.78, 5) is 23.8. The molecule has 3 aliphatic rings. The number of aromatic nitrogens is 4. The van der Waals surface area contributed by atoms with Gasteiger partial charge >= 0.3 is 6.18 Å². The summed E-state index contributed by atoms with van der Waals surface area (Å²) in [6.07, 6.45) is 5.65. The number of nitrogens with zero attached hydrogens (tertiary/aromatic N) is 6. The molecule has 5 heterocycles. The molecule has 268 valence electrons. The van der Waals surface area contributed by atoms with Gasteiger partial charge in [0.1, 0.15) is 0 Å². The lowest BCUT2D eigenvalue weighted by Gasteiger charge is -2.36. The number of sulfonamides is 1. The van der Waals surface area contributed by atoms with Crippen molar-refractivity contribution in [1.82, 2.24) is 39.2 Å². The zero-order valence-electron chi connectivity index (χ0n) is 27.8. The van der Waals surface area contributed by atoms with Crippen molar-refractivity contribution in [3.63, 3.8) is 0 Å². The second-order valence-corrected chi connectivity index (χ2v) is 16.2. The van der Waals surface area contributed by atoms with E-state index in [4.69, 9.17) is 5.10 Å². The minimum atomic E-state index is -4.51. The first-order valence-electron chi connectivity index (χ1n) is 17.1. The number of carbonyl (C=O) groups excluding carboxylic acids is 1. The number of alkyl halides is 3. The summed E-state index contributed by atoms with van der Waals surface area (Å²) in [6, 6.07) is 4.46. The van der Waals surface area contributed by atoms with Gasteiger partial charge in [-0.25, -0.2) is 13.4 Å². The van der Waals surface area contributed by atoms with E-state index in [-0.39, 0.29) is 17.3 Å². The van der Waals surface area contributed by atoms with Crippen LogP contribution in [0.1, 0.15) is 54.6 Å². The molecule has 0 bridgehead atoms. The highest BCUT2D eigenvalue weighted by molar-refractivity contribution is 7.99. The summed E-state index contributed by atoms with van der Waals surface area (Å²) >= 11 is 1.15. The molecule has 49 heavy (non-hydrogen) atoms. The van der Waals surface area contributed by atoms with E-state index in [1.807, 2.05) is 4.68 Å². The van der Waals surface area contributed by atoms with Gasteiger partial charge in [0.25, 0.3) is 0 Å². The fourth-order valence-corrected chi connectivity index (χ4v) is 8.95. The van der Waals surface area contributed by atoms with Gasteiger partial charge < -0.3 is 20.1 Å². The van der Waals surface area contributed by atoms with Gasteiger partial charge in [0, 0.05) is 117 Å². The third kappa shape index (κ3) is 8.88. The summed E-state index contributed by atoms with van der Waals surface area (Å²) in [5, 5.41) is 8.21. The molecule has 0 unspecified atom stereocenters. The molecule has 1 aromatic carbocycles. The van der Waals surface area contributed by atoms with Crippen molar-refractivity contribution in [3.05, 3.63) is 53.2 Å². The second kappa shape index (κ2) is 15.5. The number of nitrogens with one attached hydrogen (secondary N) is 2. The first-order valence-corrected chi connectivity index (χ1v) is 19.9. The van der Waals surface area contributed by atoms with Gasteiger partial charge in [-0.15, -0.1) is 11.8 Å². The maximum Gasteiger partial charge on any atom is 0.417 e. The molecule has 2 saturated heterocycles. The molecule has 3 aromatic rings. The minimum absolute atomic E-state index is 0.124. The molecule has 6 rings (SSSR count). The lowest BCUT2D eigenvalue weighted by Crippen LogP contribution is -2.45. The molecule has 0 atom stereocenters. The average molecular weight is 723 g/mol. The molecule has 2 N–H and O–H groups in total. The van der Waals surface area contributed by atoms with Crippen molar-refractivity contribution in [2.24, 2.45) is 0 Å². The number of hydrogen-bond acceptors (Lipinski definition) is 8. The molecule has 0 aliphatic carbocycles. The zero-order chi connectivity index (χ0) is 34.6. The Bertz CT molecular complexity index is 1690. The molecule has 16 heteroatoms. The molecule has 1 amide bonds. The Morgan fingerprint density at radius 2 is 1.90 bits per heavy atom. The number of rotatable bonds is 14. The van der Waals surface area contributed by atoms with Crippen LogP contribution in [0.25, 0.3) is 11.3 Å². The largest absolute Gasteiger partial charge is 0.417 e. The number of hydrogen-bond donors (Lipinski definition) is 2. The molecular formula is C33H45F3N8O3S2. The van der Waals surface area contributed by atoms with Crippen LogP contribution in [0.15, 0.2) is 35.6 Å². The number of benzene rings is 1. The topological polar surface area (TPSA) is 119 Å². The number of aryl methyl sites for hydroxylation is 1. The van der Waals surface area contributed by atoms with Crippen molar-refractivity contribution in [2.75, 3.05) is 57.8 Å². The number of H-pyrrole nitrogens is 1. The number of imidazole rings is 1. The predicted molar refractivity (Wildman–Crippen MR) is 183 cm³/mol. The van der Waals surface area contributed by atoms with E-state index in [9.17, 15) is 26.4 Å². The van der Waals surface area contributed by atoms with E-state index in [0.717, 1.165) is 93.1 Å². The zero-order valence-corrected chi connectivity index (χ0v) is 29.5. The standard InChI is InChI=1S/C33H45F3N8O3S2/c1-49(46,47)42-18-10-29-27(22-42)32(40-44(29)15-3-13-41-16-8-26(9-17-41)43-14-2-4-31(43)45)24-5-6-28(33(34,35)36)30(20-24)48-19-12-37-11-7-25-21-38-23-39-25/h5-6,20-21,23,26,37H,2-4,7-19,22H2,1H3,(H,38,39). The highest BCUT2D eigenvalue weighted by Crippen LogP contribution is 2.40. The Labute approximate surface area is 290 Å². The Morgan fingerprint density at radius 3 is 2.59 bits per heavy atom. The number of halogens is 3. The van der Waals surface area contributed by atoms with Crippen molar-refractivity contribution < 1.29 is 26.4 Å². The van der Waals surface area contributed by atoms with Crippen molar-refractivity contribution in [1.29, 1.82) is 0 Å². The van der Waals surface area contributed by atoms with Gasteiger partial charge in [0.05, 0.1) is 23.8 Å². The molecule has 2 fully saturated rings. The predicted octanol–water partition coefficient (Wildman–Crippen LogP) is 4.01. The lowest BCUT2D eigenvalue weighted by molar-refractivity contribution is -0.139. The molecule has 11 nitrogen and oxygen atoms in total. The quantitative estimate of drug-likeness (QED) is 0.189. The van der Waals surface area contributed by atoms with E-state index in [2.05, 4.69) is 25.1 Å². The maximum atomic E-state index is 14.1. The number of amides is 1. The molecule has 0 spiro atoms. The van der Waals surface area contributed by atoms with Crippen molar-refractivity contribution >= 4 is 27.7 Å². The first kappa shape index (κ1) is 35.9. The van der Waals surface area contributed by atoms with Gasteiger partial charge in [0.15, 0.2) is 0 Å². The van der Waals surface area contributed by atoms with E-state index < -0.39 is 21.8 Å². The van der Waals surface area contributed by atoms with Gasteiger partial charge in [-0.05, 0) is 44.4 Å². The van der Waals surface area contributed by atoms with Crippen LogP contribution in [-0.4, -0.2) is 112 Å². The number of thioether (sulfide) groups is 1. The van der Waals surface area contributed by atoms with Crippen LogP contribution < -0.4 is 5.32 Å². The number of aromatic amines is 1. The van der Waals surface area contributed by atoms with Crippen LogP contribution in [0.5, 0.6) is 0 Å². The van der Waals surface area contributed by atoms with Crippen molar-refractivity contribution in [2.45, 2.75) is 75.1 Å². The molecule has 2 aromatic heterocycles. The minimum Gasteiger partial charge on any atom is -0.348 e. The van der Waals surface area contributed by atoms with Gasteiger partial charge in [-0.3, -0.25) is 9.48 Å². The molecule has 0 radical (unpaired) electrons. The Morgan fingerprint density at radius 1 is 1.08 bits per heavy atom. The van der Waals surface area contributed by atoms with E-state index in [0.29, 0.717) is 62.1 Å².